The fourth-order valence-electron chi connectivity index (χ4n) is 6.58. The van der Waals surface area contributed by atoms with Gasteiger partial charge in [0.25, 0.3) is 0 Å². The molecule has 226 valence electrons. The Balaban J connectivity index is 1.31. The molecular weight excluding hydrogens is 544 g/mol. The van der Waals surface area contributed by atoms with Gasteiger partial charge in [0.2, 0.25) is 11.8 Å². The van der Waals surface area contributed by atoms with Gasteiger partial charge in [0.15, 0.2) is 0 Å². The van der Waals surface area contributed by atoms with E-state index in [1.807, 2.05) is 61.5 Å². The van der Waals surface area contributed by atoms with Gasteiger partial charge in [0.1, 0.15) is 18.1 Å². The van der Waals surface area contributed by atoms with Crippen molar-refractivity contribution < 1.29 is 29.3 Å². The number of hydrogen-bond donors (Lipinski definition) is 4. The highest BCUT2D eigenvalue weighted by atomic mass is 16.4. The van der Waals surface area contributed by atoms with Crippen LogP contribution in [0.5, 0.6) is 0 Å². The molecule has 2 amide bonds. The molecule has 2 aliphatic rings. The second kappa shape index (κ2) is 13.5. The van der Waals surface area contributed by atoms with Gasteiger partial charge in [0, 0.05) is 17.3 Å². The van der Waals surface area contributed by atoms with Crippen LogP contribution in [0.3, 0.4) is 0 Å². The van der Waals surface area contributed by atoms with Crippen molar-refractivity contribution in [2.45, 2.75) is 58.7 Å². The van der Waals surface area contributed by atoms with Gasteiger partial charge in [0.05, 0.1) is 30.2 Å². The van der Waals surface area contributed by atoms with Gasteiger partial charge in [-0.25, -0.2) is 0 Å². The lowest BCUT2D eigenvalue weighted by atomic mass is 9.68. The molecule has 0 saturated carbocycles. The summed E-state index contributed by atoms with van der Waals surface area (Å²) < 4.78 is 5.62. The minimum Gasteiger partial charge on any atom is -0.459 e. The van der Waals surface area contributed by atoms with E-state index in [9.17, 15) is 24.9 Å². The average Bonchev–Trinajstić information content (AvgIpc) is 3.57. The standard InChI is InChI=1S/C35H40N2O6/c1-3-7-23(19-27-15-16-28(20-38)43-27)10-17-31(40)32-22(2)18-29-33(30(32)21-39)35(42)37(34(29)41)26-13-11-25(12-14-26)36-24-8-5-4-6-9-24/h4-6,8-9,11-16,19,29-31,33,36,38-40H,3,7,10,17-18,20-21H2,1-2H3/b23-19+/t29-,30+,31-,33-/m1/s1. The molecule has 3 aromatic rings. The predicted molar refractivity (Wildman–Crippen MR) is 166 cm³/mol. The van der Waals surface area contributed by atoms with Gasteiger partial charge in [-0.3, -0.25) is 14.5 Å². The van der Waals surface area contributed by atoms with E-state index >= 15 is 0 Å². The van der Waals surface area contributed by atoms with Crippen LogP contribution in [0.4, 0.5) is 17.1 Å². The highest BCUT2D eigenvalue weighted by molar-refractivity contribution is 6.22. The number of anilines is 3. The molecule has 43 heavy (non-hydrogen) atoms. The number of nitrogens with one attached hydrogen (secondary N) is 1. The van der Waals surface area contributed by atoms with E-state index in [-0.39, 0.29) is 25.0 Å². The fraction of sp³-hybridized carbons (Fsp3) is 0.371. The third-order valence-electron chi connectivity index (χ3n) is 8.57. The molecule has 1 aromatic heterocycles. The van der Waals surface area contributed by atoms with Crippen LogP contribution in [0, 0.1) is 17.8 Å². The number of para-hydroxylation sites is 1. The SMILES string of the molecule is CCC/C(=C\c1ccc(CO)o1)CC[C@@H](O)C1=C(C)C[C@H]2C(=O)N(c3ccc(Nc4ccccc4)cc3)C(=O)[C@H]2[C@H]1CO. The number of nitrogens with zero attached hydrogens (tertiary/aromatic N) is 1. The molecular formula is C35H40N2O6. The van der Waals surface area contributed by atoms with Crippen molar-refractivity contribution in [3.05, 3.63) is 95.0 Å². The van der Waals surface area contributed by atoms with Crippen LogP contribution in [0.2, 0.25) is 0 Å². The maximum Gasteiger partial charge on any atom is 0.238 e. The molecule has 5 rings (SSSR count). The Morgan fingerprint density at radius 3 is 2.37 bits per heavy atom. The summed E-state index contributed by atoms with van der Waals surface area (Å²) >= 11 is 0. The molecule has 0 spiro atoms. The summed E-state index contributed by atoms with van der Waals surface area (Å²) in [5, 5.41) is 34.5. The Bertz CT molecular complexity index is 1490. The summed E-state index contributed by atoms with van der Waals surface area (Å²) in [6, 6.07) is 20.5. The van der Waals surface area contributed by atoms with Gasteiger partial charge in [-0.2, -0.15) is 0 Å². The number of benzene rings is 2. The number of fused-ring (bicyclic) bond motifs is 1. The molecule has 1 saturated heterocycles. The summed E-state index contributed by atoms with van der Waals surface area (Å²) in [5.74, 6) is -1.38. The maximum atomic E-state index is 13.8. The molecule has 0 unspecified atom stereocenters. The van der Waals surface area contributed by atoms with Crippen molar-refractivity contribution in [3.63, 3.8) is 0 Å². The molecule has 8 heteroatoms. The third-order valence-corrected chi connectivity index (χ3v) is 8.57. The van der Waals surface area contributed by atoms with Crippen LogP contribution in [-0.4, -0.2) is 39.8 Å². The van der Waals surface area contributed by atoms with Crippen LogP contribution in [0.25, 0.3) is 6.08 Å². The molecule has 8 nitrogen and oxygen atoms in total. The molecule has 4 atom stereocenters. The van der Waals surface area contributed by atoms with Gasteiger partial charge in [-0.1, -0.05) is 42.7 Å². The fourth-order valence-corrected chi connectivity index (χ4v) is 6.58. The van der Waals surface area contributed by atoms with Gasteiger partial charge in [-0.15, -0.1) is 0 Å². The molecule has 0 radical (unpaired) electrons. The summed E-state index contributed by atoms with van der Waals surface area (Å²) in [5.41, 5.74) is 4.90. The van der Waals surface area contributed by atoms with E-state index in [2.05, 4.69) is 12.2 Å². The number of hydrogen-bond acceptors (Lipinski definition) is 7. The van der Waals surface area contributed by atoms with Crippen molar-refractivity contribution in [2.24, 2.45) is 17.8 Å². The molecule has 1 fully saturated rings. The monoisotopic (exact) mass is 584 g/mol. The Hall–Kier alpha value is -3.98. The summed E-state index contributed by atoms with van der Waals surface area (Å²) in [6.07, 6.45) is 4.25. The van der Waals surface area contributed by atoms with E-state index in [1.54, 1.807) is 18.2 Å². The number of aliphatic hydroxyl groups excluding tert-OH is 3. The quantitative estimate of drug-likeness (QED) is 0.153. The maximum absolute atomic E-state index is 13.8. The average molecular weight is 585 g/mol. The van der Waals surface area contributed by atoms with E-state index in [0.29, 0.717) is 42.0 Å². The number of allylic oxidation sites excluding steroid dienone is 2. The van der Waals surface area contributed by atoms with E-state index in [0.717, 1.165) is 35.4 Å². The first kappa shape index (κ1) is 30.5. The minimum absolute atomic E-state index is 0.163. The smallest absolute Gasteiger partial charge is 0.238 e. The molecule has 2 aromatic carbocycles. The van der Waals surface area contributed by atoms with Crippen LogP contribution in [0.15, 0.2) is 87.9 Å². The van der Waals surface area contributed by atoms with Crippen molar-refractivity contribution in [1.82, 2.24) is 0 Å². The van der Waals surface area contributed by atoms with Crippen LogP contribution < -0.4 is 10.2 Å². The highest BCUT2D eigenvalue weighted by Crippen LogP contribution is 2.47. The lowest BCUT2D eigenvalue weighted by Gasteiger charge is -2.35. The Labute approximate surface area is 252 Å². The number of carbonyl (C=O) groups is 2. The Kier molecular flexibility index (Phi) is 9.60. The molecule has 2 heterocycles. The van der Waals surface area contributed by atoms with Crippen LogP contribution >= 0.6 is 0 Å². The Morgan fingerprint density at radius 2 is 1.72 bits per heavy atom. The number of furan rings is 1. The third kappa shape index (κ3) is 6.51. The first-order valence-electron chi connectivity index (χ1n) is 15.0. The zero-order chi connectivity index (χ0) is 30.5. The first-order chi connectivity index (χ1) is 20.8. The summed E-state index contributed by atoms with van der Waals surface area (Å²) in [4.78, 5) is 28.6. The second-order valence-corrected chi connectivity index (χ2v) is 11.5. The van der Waals surface area contributed by atoms with Gasteiger partial charge < -0.3 is 25.1 Å². The largest absolute Gasteiger partial charge is 0.459 e. The zero-order valence-corrected chi connectivity index (χ0v) is 24.7. The zero-order valence-electron chi connectivity index (χ0n) is 24.7. The van der Waals surface area contributed by atoms with Crippen molar-refractivity contribution >= 4 is 35.0 Å². The molecule has 1 aliphatic carbocycles. The van der Waals surface area contributed by atoms with E-state index in [1.165, 1.54) is 4.90 Å². The van der Waals surface area contributed by atoms with Crippen molar-refractivity contribution in [1.29, 1.82) is 0 Å². The molecule has 4 N–H and O–H groups in total. The first-order valence-corrected chi connectivity index (χ1v) is 15.0. The molecule has 0 bridgehead atoms. The van der Waals surface area contributed by atoms with Gasteiger partial charge >= 0.3 is 0 Å². The number of amides is 2. The predicted octanol–water partition coefficient (Wildman–Crippen LogP) is 5.97. The van der Waals surface area contributed by atoms with Crippen molar-refractivity contribution in [3.8, 4) is 0 Å². The number of carbonyl (C=O) groups excluding carboxylic acids is 2. The van der Waals surface area contributed by atoms with Crippen LogP contribution in [-0.2, 0) is 16.2 Å². The normalized spacial score (nSPS) is 21.4. The molecule has 1 aliphatic heterocycles. The lowest BCUT2D eigenvalue weighted by Crippen LogP contribution is -2.38. The minimum atomic E-state index is -0.858. The number of imide groups is 1. The highest BCUT2D eigenvalue weighted by Gasteiger charge is 2.54. The van der Waals surface area contributed by atoms with E-state index in [4.69, 9.17) is 4.42 Å². The van der Waals surface area contributed by atoms with Crippen LogP contribution in [0.1, 0.15) is 57.5 Å². The second-order valence-electron chi connectivity index (χ2n) is 11.5. The Morgan fingerprint density at radius 1 is 1.00 bits per heavy atom. The number of rotatable bonds is 12. The topological polar surface area (TPSA) is 123 Å². The summed E-state index contributed by atoms with van der Waals surface area (Å²) in [6.45, 7) is 3.49. The van der Waals surface area contributed by atoms with Gasteiger partial charge in [-0.05, 0) is 92.8 Å². The lowest BCUT2D eigenvalue weighted by molar-refractivity contribution is -0.123. The van der Waals surface area contributed by atoms with Crippen molar-refractivity contribution in [2.75, 3.05) is 16.8 Å². The summed E-state index contributed by atoms with van der Waals surface area (Å²) in [7, 11) is 0. The number of aliphatic hydroxyl groups is 3. The van der Waals surface area contributed by atoms with E-state index < -0.39 is 23.9 Å².